The average Bonchev–Trinajstić information content (AvgIpc) is 3.26. The molecule has 174 valence electrons. The number of carboxylic acid groups (broad SMARTS) is 1. The van der Waals surface area contributed by atoms with E-state index in [0.29, 0.717) is 17.9 Å². The molecule has 0 aliphatic carbocycles. The number of hydrogen-bond acceptors (Lipinski definition) is 6. The van der Waals surface area contributed by atoms with Crippen molar-refractivity contribution in [2.75, 3.05) is 26.2 Å². The number of non-ortho nitro benzene ring substituents is 1. The number of nitro groups is 1. The van der Waals surface area contributed by atoms with Crippen LogP contribution in [0.4, 0.5) is 5.69 Å². The minimum atomic E-state index is -1.15. The van der Waals surface area contributed by atoms with Gasteiger partial charge in [-0.3, -0.25) is 10.1 Å². The van der Waals surface area contributed by atoms with Crippen molar-refractivity contribution < 1.29 is 24.3 Å². The van der Waals surface area contributed by atoms with Gasteiger partial charge in [-0.15, -0.1) is 12.4 Å². The SMILES string of the molecule is CCN(CC)CC(CC)(CC)CO.Cl.O=C(O)c1ccc(-c2ccc([N+](=O)[O-])cc2)o1. The largest absolute Gasteiger partial charge is 0.475 e. The highest BCUT2D eigenvalue weighted by Crippen LogP contribution is 2.27. The molecule has 0 fully saturated rings. The Morgan fingerprint density at radius 3 is 1.97 bits per heavy atom. The van der Waals surface area contributed by atoms with Crippen molar-refractivity contribution in [1.82, 2.24) is 4.90 Å². The van der Waals surface area contributed by atoms with Gasteiger partial charge in [0.15, 0.2) is 0 Å². The lowest BCUT2D eigenvalue weighted by molar-refractivity contribution is -0.384. The minimum Gasteiger partial charge on any atom is -0.475 e. The first-order chi connectivity index (χ1) is 14.2. The summed E-state index contributed by atoms with van der Waals surface area (Å²) in [5.74, 6) is -0.964. The highest BCUT2D eigenvalue weighted by atomic mass is 35.5. The smallest absolute Gasteiger partial charge is 0.371 e. The lowest BCUT2D eigenvalue weighted by atomic mass is 9.82. The quantitative estimate of drug-likeness (QED) is 0.377. The molecule has 0 saturated heterocycles. The van der Waals surface area contributed by atoms with Gasteiger partial charge in [-0.25, -0.2) is 4.79 Å². The van der Waals surface area contributed by atoms with Gasteiger partial charge in [0.1, 0.15) is 5.76 Å². The first-order valence-corrected chi connectivity index (χ1v) is 10.2. The summed E-state index contributed by atoms with van der Waals surface area (Å²) in [7, 11) is 0. The number of halogens is 1. The van der Waals surface area contributed by atoms with Crippen LogP contribution in [0.15, 0.2) is 40.8 Å². The van der Waals surface area contributed by atoms with E-state index in [1.165, 1.54) is 36.4 Å². The van der Waals surface area contributed by atoms with Crippen molar-refractivity contribution in [2.24, 2.45) is 5.41 Å². The van der Waals surface area contributed by atoms with E-state index in [-0.39, 0.29) is 29.3 Å². The van der Waals surface area contributed by atoms with Gasteiger partial charge in [0, 0.05) is 36.3 Å². The number of rotatable bonds is 10. The Balaban J connectivity index is 0.000000586. The number of aromatic carboxylic acids is 1. The molecular formula is C22H33ClN2O6. The van der Waals surface area contributed by atoms with E-state index in [9.17, 15) is 20.0 Å². The molecule has 1 heterocycles. The molecule has 2 rings (SSSR count). The van der Waals surface area contributed by atoms with E-state index in [1.807, 2.05) is 0 Å². The second-order valence-corrected chi connectivity index (χ2v) is 7.10. The fraction of sp³-hybridized carbons (Fsp3) is 0.500. The van der Waals surface area contributed by atoms with Crippen LogP contribution in [0, 0.1) is 15.5 Å². The number of carbonyl (C=O) groups is 1. The molecule has 31 heavy (non-hydrogen) atoms. The van der Waals surface area contributed by atoms with E-state index >= 15 is 0 Å². The van der Waals surface area contributed by atoms with Gasteiger partial charge >= 0.3 is 5.97 Å². The normalized spacial score (nSPS) is 10.8. The molecule has 0 amide bonds. The Bertz CT molecular complexity index is 790. The molecule has 1 aromatic heterocycles. The molecule has 9 heteroatoms. The van der Waals surface area contributed by atoms with Crippen molar-refractivity contribution >= 4 is 24.1 Å². The third-order valence-corrected chi connectivity index (χ3v) is 5.47. The number of carboxylic acids is 1. The standard InChI is InChI=1S/C11H7NO5.C11H25NO.ClH/c13-11(14)10-6-5-9(17-10)7-1-3-8(4-2-7)12(15)16;1-5-11(6-2,10-13)9-12(7-3)8-4;/h1-6H,(H,13,14);13H,5-10H2,1-4H3;1H. The molecular weight excluding hydrogens is 424 g/mol. The molecule has 0 atom stereocenters. The maximum Gasteiger partial charge on any atom is 0.371 e. The number of hydrogen-bond donors (Lipinski definition) is 2. The fourth-order valence-corrected chi connectivity index (χ4v) is 3.02. The summed E-state index contributed by atoms with van der Waals surface area (Å²) in [5.41, 5.74) is 0.688. The van der Waals surface area contributed by atoms with Crippen LogP contribution in [0.1, 0.15) is 51.1 Å². The van der Waals surface area contributed by atoms with E-state index in [0.717, 1.165) is 32.5 Å². The predicted molar refractivity (Wildman–Crippen MR) is 123 cm³/mol. The summed E-state index contributed by atoms with van der Waals surface area (Å²) in [6.45, 7) is 12.2. The van der Waals surface area contributed by atoms with Crippen molar-refractivity contribution in [3.05, 3.63) is 52.3 Å². The highest BCUT2D eigenvalue weighted by molar-refractivity contribution is 5.85. The summed E-state index contributed by atoms with van der Waals surface area (Å²) in [4.78, 5) is 22.9. The van der Waals surface area contributed by atoms with Gasteiger partial charge in [-0.1, -0.05) is 27.7 Å². The monoisotopic (exact) mass is 456 g/mol. The van der Waals surface area contributed by atoms with Crippen molar-refractivity contribution in [3.63, 3.8) is 0 Å². The first kappa shape index (κ1) is 28.6. The topological polar surface area (TPSA) is 117 Å². The second kappa shape index (κ2) is 13.8. The number of benzene rings is 1. The molecule has 0 saturated carbocycles. The average molecular weight is 457 g/mol. The van der Waals surface area contributed by atoms with E-state index < -0.39 is 10.9 Å². The van der Waals surface area contributed by atoms with Crippen LogP contribution in [0.25, 0.3) is 11.3 Å². The Kier molecular flexibility index (Phi) is 12.7. The zero-order chi connectivity index (χ0) is 22.7. The molecule has 0 spiro atoms. The van der Waals surface area contributed by atoms with E-state index in [4.69, 9.17) is 9.52 Å². The zero-order valence-electron chi connectivity index (χ0n) is 18.5. The summed E-state index contributed by atoms with van der Waals surface area (Å²) in [5, 5.41) is 28.5. The van der Waals surface area contributed by atoms with Gasteiger partial charge in [0.25, 0.3) is 5.69 Å². The predicted octanol–water partition coefficient (Wildman–Crippen LogP) is 5.10. The van der Waals surface area contributed by atoms with Crippen molar-refractivity contribution in [2.45, 2.75) is 40.5 Å². The first-order valence-electron chi connectivity index (χ1n) is 10.2. The molecule has 0 unspecified atom stereocenters. The third kappa shape index (κ3) is 8.32. The van der Waals surface area contributed by atoms with Crippen molar-refractivity contribution in [3.8, 4) is 11.3 Å². The van der Waals surface area contributed by atoms with Crippen molar-refractivity contribution in [1.29, 1.82) is 0 Å². The summed E-state index contributed by atoms with van der Waals surface area (Å²) < 4.78 is 5.06. The number of furan rings is 1. The summed E-state index contributed by atoms with van der Waals surface area (Å²) in [6.07, 6.45) is 2.13. The van der Waals surface area contributed by atoms with Crippen LogP contribution in [-0.4, -0.2) is 52.2 Å². The minimum absolute atomic E-state index is 0. The van der Waals surface area contributed by atoms with Gasteiger partial charge in [0.2, 0.25) is 5.76 Å². The Hall–Kier alpha value is -2.42. The second-order valence-electron chi connectivity index (χ2n) is 7.10. The lowest BCUT2D eigenvalue weighted by Gasteiger charge is -2.34. The van der Waals surface area contributed by atoms with Crippen LogP contribution < -0.4 is 0 Å². The summed E-state index contributed by atoms with van der Waals surface area (Å²) in [6, 6.07) is 8.51. The van der Waals surface area contributed by atoms with E-state index in [1.54, 1.807) is 0 Å². The molecule has 0 aliphatic rings. The van der Waals surface area contributed by atoms with Crippen LogP contribution in [-0.2, 0) is 0 Å². The third-order valence-electron chi connectivity index (χ3n) is 5.47. The summed E-state index contributed by atoms with van der Waals surface area (Å²) >= 11 is 0. The Labute approximate surface area is 189 Å². The lowest BCUT2D eigenvalue weighted by Crippen LogP contribution is -2.39. The molecule has 0 radical (unpaired) electrons. The van der Waals surface area contributed by atoms with E-state index in [2.05, 4.69) is 32.6 Å². The number of aliphatic hydroxyl groups is 1. The van der Waals surface area contributed by atoms with Gasteiger partial charge in [-0.2, -0.15) is 0 Å². The fourth-order valence-electron chi connectivity index (χ4n) is 3.02. The Morgan fingerprint density at radius 1 is 1.06 bits per heavy atom. The molecule has 2 N–H and O–H groups in total. The molecule has 2 aromatic rings. The van der Waals surface area contributed by atoms with Gasteiger partial charge in [0.05, 0.1) is 4.92 Å². The maximum atomic E-state index is 10.6. The molecule has 8 nitrogen and oxygen atoms in total. The van der Waals surface area contributed by atoms with Crippen LogP contribution in [0.2, 0.25) is 0 Å². The zero-order valence-corrected chi connectivity index (χ0v) is 19.4. The molecule has 0 bridgehead atoms. The number of aliphatic hydroxyl groups excluding tert-OH is 1. The van der Waals surface area contributed by atoms with Crippen LogP contribution in [0.5, 0.6) is 0 Å². The van der Waals surface area contributed by atoms with Gasteiger partial charge in [-0.05, 0) is 50.2 Å². The van der Waals surface area contributed by atoms with Crippen LogP contribution >= 0.6 is 12.4 Å². The van der Waals surface area contributed by atoms with Crippen LogP contribution in [0.3, 0.4) is 0 Å². The highest BCUT2D eigenvalue weighted by Gasteiger charge is 2.26. The number of nitrogens with zero attached hydrogens (tertiary/aromatic N) is 2. The number of nitro benzene ring substituents is 1. The van der Waals surface area contributed by atoms with Gasteiger partial charge < -0.3 is 19.5 Å². The maximum absolute atomic E-state index is 10.6. The molecule has 0 aliphatic heterocycles. The Morgan fingerprint density at radius 2 is 1.61 bits per heavy atom. The molecule has 1 aromatic carbocycles.